The number of aromatic carboxylic acids is 1. The van der Waals surface area contributed by atoms with Gasteiger partial charge in [0.1, 0.15) is 0 Å². The third-order valence-corrected chi connectivity index (χ3v) is 4.04. The zero-order valence-corrected chi connectivity index (χ0v) is 12.6. The minimum absolute atomic E-state index is 0.000550. The van der Waals surface area contributed by atoms with E-state index in [1.807, 2.05) is 0 Å². The maximum Gasteiger partial charge on any atom is 0.418 e. The lowest BCUT2D eigenvalue weighted by Gasteiger charge is -2.12. The molecule has 0 amide bonds. The largest absolute Gasteiger partial charge is 0.478 e. The number of aromatic nitrogens is 1. The third-order valence-electron chi connectivity index (χ3n) is 2.75. The zero-order valence-electron chi connectivity index (χ0n) is 10.4. The predicted molar refractivity (Wildman–Crippen MR) is 76.7 cm³/mol. The number of pyridine rings is 1. The second-order valence-electron chi connectivity index (χ2n) is 4.14. The van der Waals surface area contributed by atoms with E-state index in [0.29, 0.717) is 6.20 Å². The molecule has 0 saturated carbocycles. The van der Waals surface area contributed by atoms with Crippen LogP contribution in [0.4, 0.5) is 13.2 Å². The predicted octanol–water partition coefficient (Wildman–Crippen LogP) is 5.43. The molecule has 1 aromatic heterocycles. The molecule has 0 aliphatic rings. The standard InChI is InChI=1S/C13H5Cl3F3NO2/c14-8-2-1-5(10(15)11(8)16)9-3-6(12(21)22)7(4-20-9)13(17,18)19/h1-4H,(H,21,22). The highest BCUT2D eigenvalue weighted by Crippen LogP contribution is 2.39. The van der Waals surface area contributed by atoms with Gasteiger partial charge in [0.25, 0.3) is 0 Å². The van der Waals surface area contributed by atoms with E-state index < -0.39 is 23.3 Å². The first-order valence-corrected chi connectivity index (χ1v) is 6.70. The number of hydrogen-bond acceptors (Lipinski definition) is 2. The summed E-state index contributed by atoms with van der Waals surface area (Å²) in [5, 5.41) is 9.08. The van der Waals surface area contributed by atoms with Crippen molar-refractivity contribution in [2.75, 3.05) is 0 Å². The number of benzene rings is 1. The molecule has 0 aliphatic heterocycles. The molecular formula is C13H5Cl3F3NO2. The maximum atomic E-state index is 12.8. The molecule has 0 fully saturated rings. The fraction of sp³-hybridized carbons (Fsp3) is 0.0769. The molecule has 9 heteroatoms. The van der Waals surface area contributed by atoms with E-state index in [1.54, 1.807) is 0 Å². The van der Waals surface area contributed by atoms with Crippen molar-refractivity contribution in [2.45, 2.75) is 6.18 Å². The van der Waals surface area contributed by atoms with Gasteiger partial charge in [0.15, 0.2) is 0 Å². The highest BCUT2D eigenvalue weighted by Gasteiger charge is 2.36. The monoisotopic (exact) mass is 369 g/mol. The molecule has 0 radical (unpaired) electrons. The highest BCUT2D eigenvalue weighted by atomic mass is 35.5. The summed E-state index contributed by atoms with van der Waals surface area (Å²) < 4.78 is 38.3. The number of carboxylic acids is 1. The van der Waals surface area contributed by atoms with Crippen LogP contribution < -0.4 is 0 Å². The number of hydrogen-bond donors (Lipinski definition) is 1. The molecule has 0 spiro atoms. The molecular weight excluding hydrogens is 366 g/mol. The Labute approximate surface area is 137 Å². The van der Waals surface area contributed by atoms with E-state index in [4.69, 9.17) is 39.9 Å². The van der Waals surface area contributed by atoms with Crippen molar-refractivity contribution in [1.29, 1.82) is 0 Å². The van der Waals surface area contributed by atoms with Crippen LogP contribution in [-0.4, -0.2) is 16.1 Å². The molecule has 1 heterocycles. The Morgan fingerprint density at radius 1 is 1.14 bits per heavy atom. The Hall–Kier alpha value is -1.50. The van der Waals surface area contributed by atoms with E-state index in [9.17, 15) is 18.0 Å². The van der Waals surface area contributed by atoms with Crippen molar-refractivity contribution in [2.24, 2.45) is 0 Å². The van der Waals surface area contributed by atoms with Gasteiger partial charge in [-0.15, -0.1) is 0 Å². The summed E-state index contributed by atoms with van der Waals surface area (Å²) in [7, 11) is 0. The molecule has 0 bridgehead atoms. The number of nitrogens with zero attached hydrogens (tertiary/aromatic N) is 1. The van der Waals surface area contributed by atoms with Crippen molar-refractivity contribution in [3.63, 3.8) is 0 Å². The Morgan fingerprint density at radius 3 is 2.32 bits per heavy atom. The van der Waals surface area contributed by atoms with Gasteiger partial charge in [-0.3, -0.25) is 4.98 Å². The van der Waals surface area contributed by atoms with Gasteiger partial charge >= 0.3 is 12.1 Å². The summed E-state index contributed by atoms with van der Waals surface area (Å²) in [6.45, 7) is 0. The van der Waals surface area contributed by atoms with Gasteiger partial charge in [-0.05, 0) is 18.2 Å². The van der Waals surface area contributed by atoms with Crippen LogP contribution in [0.1, 0.15) is 15.9 Å². The first-order chi connectivity index (χ1) is 10.1. The Kier molecular flexibility index (Phi) is 4.56. The molecule has 1 N–H and O–H groups in total. The van der Waals surface area contributed by atoms with Crippen LogP contribution in [0.2, 0.25) is 15.1 Å². The van der Waals surface area contributed by atoms with Crippen LogP contribution >= 0.6 is 34.8 Å². The highest BCUT2D eigenvalue weighted by molar-refractivity contribution is 6.49. The Bertz CT molecular complexity index is 763. The van der Waals surface area contributed by atoms with Crippen LogP contribution in [0.3, 0.4) is 0 Å². The molecule has 3 nitrogen and oxygen atoms in total. The lowest BCUT2D eigenvalue weighted by Crippen LogP contribution is -2.13. The van der Waals surface area contributed by atoms with Crippen LogP contribution in [0.5, 0.6) is 0 Å². The average Bonchev–Trinajstić information content (AvgIpc) is 2.43. The normalized spacial score (nSPS) is 11.5. The van der Waals surface area contributed by atoms with Crippen LogP contribution in [0.15, 0.2) is 24.4 Å². The van der Waals surface area contributed by atoms with E-state index >= 15 is 0 Å². The summed E-state index contributed by atoms with van der Waals surface area (Å²) in [5.41, 5.74) is -2.17. The maximum absolute atomic E-state index is 12.8. The number of halogens is 6. The van der Waals surface area contributed by atoms with E-state index in [-0.39, 0.29) is 26.3 Å². The second kappa shape index (κ2) is 5.95. The number of alkyl halides is 3. The van der Waals surface area contributed by atoms with Gasteiger partial charge in [0.05, 0.1) is 31.9 Å². The molecule has 0 aliphatic carbocycles. The first kappa shape index (κ1) is 16.9. The first-order valence-electron chi connectivity index (χ1n) is 5.57. The fourth-order valence-electron chi connectivity index (χ4n) is 1.73. The molecule has 116 valence electrons. The Morgan fingerprint density at radius 2 is 1.77 bits per heavy atom. The third kappa shape index (κ3) is 3.14. The van der Waals surface area contributed by atoms with Gasteiger partial charge in [-0.1, -0.05) is 34.8 Å². The summed E-state index contributed by atoms with van der Waals surface area (Å²) >= 11 is 17.6. The van der Waals surface area contributed by atoms with E-state index in [2.05, 4.69) is 4.98 Å². The SMILES string of the molecule is O=C(O)c1cc(-c2ccc(Cl)c(Cl)c2Cl)ncc1C(F)(F)F. The van der Waals surface area contributed by atoms with Crippen LogP contribution in [-0.2, 0) is 6.18 Å². The zero-order chi connectivity index (χ0) is 16.7. The number of carbonyl (C=O) groups is 1. The van der Waals surface area contributed by atoms with Crippen molar-refractivity contribution in [3.05, 3.63) is 50.6 Å². The van der Waals surface area contributed by atoms with E-state index in [0.717, 1.165) is 6.07 Å². The van der Waals surface area contributed by atoms with Crippen molar-refractivity contribution >= 4 is 40.8 Å². The molecule has 2 rings (SSSR count). The molecule has 22 heavy (non-hydrogen) atoms. The minimum atomic E-state index is -4.83. The number of carboxylic acid groups (broad SMARTS) is 1. The summed E-state index contributed by atoms with van der Waals surface area (Å²) in [6.07, 6.45) is -4.39. The van der Waals surface area contributed by atoms with Crippen molar-refractivity contribution in [3.8, 4) is 11.3 Å². The van der Waals surface area contributed by atoms with Crippen molar-refractivity contribution < 1.29 is 23.1 Å². The Balaban J connectivity index is 2.67. The lowest BCUT2D eigenvalue weighted by atomic mass is 10.0. The van der Waals surface area contributed by atoms with Gasteiger partial charge in [-0.2, -0.15) is 13.2 Å². The molecule has 2 aromatic rings. The van der Waals surface area contributed by atoms with Crippen LogP contribution in [0.25, 0.3) is 11.3 Å². The average molecular weight is 371 g/mol. The smallest absolute Gasteiger partial charge is 0.418 e. The minimum Gasteiger partial charge on any atom is -0.478 e. The number of rotatable bonds is 2. The second-order valence-corrected chi connectivity index (χ2v) is 5.30. The summed E-state index contributed by atoms with van der Waals surface area (Å²) in [4.78, 5) is 14.7. The summed E-state index contributed by atoms with van der Waals surface area (Å²) in [6, 6.07) is 3.55. The lowest BCUT2D eigenvalue weighted by molar-refractivity contribution is -0.138. The topological polar surface area (TPSA) is 50.2 Å². The molecule has 0 atom stereocenters. The summed E-state index contributed by atoms with van der Waals surface area (Å²) in [5.74, 6) is -1.73. The van der Waals surface area contributed by atoms with Gasteiger partial charge in [0.2, 0.25) is 0 Å². The molecule has 0 saturated heterocycles. The molecule has 1 aromatic carbocycles. The van der Waals surface area contributed by atoms with Gasteiger partial charge < -0.3 is 5.11 Å². The van der Waals surface area contributed by atoms with E-state index in [1.165, 1.54) is 12.1 Å². The molecule has 0 unspecified atom stereocenters. The van der Waals surface area contributed by atoms with Crippen LogP contribution in [0, 0.1) is 0 Å². The van der Waals surface area contributed by atoms with Gasteiger partial charge in [0, 0.05) is 11.8 Å². The van der Waals surface area contributed by atoms with Gasteiger partial charge in [-0.25, -0.2) is 4.79 Å². The quantitative estimate of drug-likeness (QED) is 0.718. The van der Waals surface area contributed by atoms with Crippen molar-refractivity contribution in [1.82, 2.24) is 4.98 Å². The fourth-order valence-corrected chi connectivity index (χ4v) is 2.36.